The highest BCUT2D eigenvalue weighted by Gasteiger charge is 2.11. The van der Waals surface area contributed by atoms with Gasteiger partial charge < -0.3 is 0 Å². The lowest BCUT2D eigenvalue weighted by Crippen LogP contribution is -1.95. The lowest BCUT2D eigenvalue weighted by atomic mass is 10.4. The molecule has 0 amide bonds. The molecule has 1 rings (SSSR count). The van der Waals surface area contributed by atoms with Crippen LogP contribution in [0.2, 0.25) is 0 Å². The van der Waals surface area contributed by atoms with Gasteiger partial charge in [-0.2, -0.15) is 8.42 Å². The van der Waals surface area contributed by atoms with Gasteiger partial charge in [-0.05, 0) is 46.9 Å². The van der Waals surface area contributed by atoms with Crippen LogP contribution in [-0.4, -0.2) is 14.5 Å². The van der Waals surface area contributed by atoms with Gasteiger partial charge in [0.25, 0.3) is 16.1 Å². The topological polar surface area (TPSA) is 63.6 Å². The van der Waals surface area contributed by atoms with E-state index in [0.29, 0.717) is 0 Å². The largest absolute Gasteiger partial charge is 0.292 e. The molecule has 6 heteroatoms. The molecule has 68 valence electrons. The van der Waals surface area contributed by atoms with Crippen LogP contribution in [0.25, 0.3) is 0 Å². The van der Waals surface area contributed by atoms with Crippen LogP contribution >= 0.6 is 22.6 Å². The lowest BCUT2D eigenvalue weighted by Gasteiger charge is -1.95. The molecule has 0 fully saturated rings. The molecule has 0 spiro atoms. The third kappa shape index (κ3) is 2.61. The Balaban J connectivity index is 3.24. The number of nitrogens with zero attached hydrogens (tertiary/aromatic N) is 1. The molecule has 1 aromatic carbocycles. The highest BCUT2D eigenvalue weighted by molar-refractivity contribution is 14.1. The molecule has 1 aromatic rings. The third-order valence-electron chi connectivity index (χ3n) is 1.27. The average molecular weight is 309 g/mol. The van der Waals surface area contributed by atoms with E-state index in [1.54, 1.807) is 12.1 Å². The summed E-state index contributed by atoms with van der Waals surface area (Å²) >= 11 is 2.04. The molecule has 0 atom stereocenters. The molecule has 0 aliphatic rings. The van der Waals surface area contributed by atoms with Crippen molar-refractivity contribution >= 4 is 38.7 Å². The van der Waals surface area contributed by atoms with E-state index in [4.69, 9.17) is 0 Å². The van der Waals surface area contributed by atoms with Crippen LogP contribution in [0.1, 0.15) is 0 Å². The van der Waals surface area contributed by atoms with Crippen LogP contribution in [-0.2, 0) is 14.8 Å². The normalized spacial score (nSPS) is 10.5. The summed E-state index contributed by atoms with van der Waals surface area (Å²) in [7, 11) is -3.83. The molecule has 0 bridgehead atoms. The number of sulfonamides is 1. The van der Waals surface area contributed by atoms with Gasteiger partial charge in [0.15, 0.2) is 0 Å². The first-order chi connectivity index (χ1) is 6.06. The Kier molecular flexibility index (Phi) is 3.18. The SMILES string of the molecule is O=C=NS(=O)(=O)c1ccc(I)cc1. The molecular formula is C7H4INO3S. The van der Waals surface area contributed by atoms with E-state index in [1.165, 1.54) is 12.1 Å². The molecule has 13 heavy (non-hydrogen) atoms. The van der Waals surface area contributed by atoms with Crippen LogP contribution in [0.15, 0.2) is 33.6 Å². The molecule has 0 saturated heterocycles. The van der Waals surface area contributed by atoms with Crippen LogP contribution in [0.3, 0.4) is 0 Å². The highest BCUT2D eigenvalue weighted by Crippen LogP contribution is 2.13. The third-order valence-corrected chi connectivity index (χ3v) is 3.17. The summed E-state index contributed by atoms with van der Waals surface area (Å²) in [5.41, 5.74) is 0. The summed E-state index contributed by atoms with van der Waals surface area (Å²) in [6.45, 7) is 0. The Morgan fingerprint density at radius 2 is 1.77 bits per heavy atom. The van der Waals surface area contributed by atoms with Gasteiger partial charge in [0.2, 0.25) is 0 Å². The van der Waals surface area contributed by atoms with Gasteiger partial charge in [-0.25, -0.2) is 4.79 Å². The zero-order valence-electron chi connectivity index (χ0n) is 6.27. The predicted molar refractivity (Wildman–Crippen MR) is 54.5 cm³/mol. The van der Waals surface area contributed by atoms with Crippen molar-refractivity contribution in [3.05, 3.63) is 27.8 Å². The average Bonchev–Trinajstić information content (AvgIpc) is 2.05. The number of carbonyl (C=O) groups excluding carboxylic acids is 1. The molecule has 0 saturated carbocycles. The van der Waals surface area contributed by atoms with Crippen LogP contribution in [0, 0.1) is 3.57 Å². The molecule has 0 aliphatic heterocycles. The van der Waals surface area contributed by atoms with Gasteiger partial charge in [-0.15, -0.1) is 0 Å². The molecule has 0 heterocycles. The van der Waals surface area contributed by atoms with Gasteiger partial charge in [0, 0.05) is 3.57 Å². The Hall–Kier alpha value is -0.720. The van der Waals surface area contributed by atoms with E-state index in [-0.39, 0.29) is 4.90 Å². The molecule has 0 aromatic heterocycles. The second-order valence-electron chi connectivity index (χ2n) is 2.11. The monoisotopic (exact) mass is 309 g/mol. The fourth-order valence-electron chi connectivity index (χ4n) is 0.708. The number of hydrogen-bond donors (Lipinski definition) is 0. The number of benzene rings is 1. The van der Waals surface area contributed by atoms with Crippen molar-refractivity contribution in [1.82, 2.24) is 0 Å². The minimum absolute atomic E-state index is 0.00346. The maximum atomic E-state index is 11.1. The first-order valence-corrected chi connectivity index (χ1v) is 5.68. The fraction of sp³-hybridized carbons (Fsp3) is 0. The number of rotatable bonds is 2. The number of isocyanates is 1. The number of hydrogen-bond acceptors (Lipinski definition) is 3. The van der Waals surface area contributed by atoms with E-state index < -0.39 is 10.0 Å². The Bertz CT molecular complexity index is 445. The molecular weight excluding hydrogens is 305 g/mol. The summed E-state index contributed by atoms with van der Waals surface area (Å²) < 4.78 is 25.9. The van der Waals surface area contributed by atoms with Crippen LogP contribution in [0.4, 0.5) is 0 Å². The second-order valence-corrected chi connectivity index (χ2v) is 4.96. The van der Waals surface area contributed by atoms with Crippen LogP contribution < -0.4 is 0 Å². The Morgan fingerprint density at radius 1 is 1.23 bits per heavy atom. The maximum absolute atomic E-state index is 11.1. The highest BCUT2D eigenvalue weighted by atomic mass is 127. The van der Waals surface area contributed by atoms with Gasteiger partial charge in [-0.3, -0.25) is 0 Å². The Morgan fingerprint density at radius 3 is 2.23 bits per heavy atom. The summed E-state index contributed by atoms with van der Waals surface area (Å²) in [5, 5.41) is 0. The van der Waals surface area contributed by atoms with E-state index in [1.807, 2.05) is 22.6 Å². The smallest absolute Gasteiger partial charge is 0.210 e. The minimum atomic E-state index is -3.83. The molecule has 0 aliphatic carbocycles. The van der Waals surface area contributed by atoms with Gasteiger partial charge in [-0.1, -0.05) is 4.40 Å². The summed E-state index contributed by atoms with van der Waals surface area (Å²) in [5.74, 6) is 0. The van der Waals surface area contributed by atoms with Crippen molar-refractivity contribution < 1.29 is 13.2 Å². The van der Waals surface area contributed by atoms with Crippen molar-refractivity contribution in [2.24, 2.45) is 4.40 Å². The Labute approximate surface area is 88.9 Å². The van der Waals surface area contributed by atoms with Crippen molar-refractivity contribution in [2.75, 3.05) is 0 Å². The molecule has 4 nitrogen and oxygen atoms in total. The van der Waals surface area contributed by atoms with Gasteiger partial charge in [0.05, 0.1) is 4.90 Å². The van der Waals surface area contributed by atoms with E-state index >= 15 is 0 Å². The van der Waals surface area contributed by atoms with Crippen molar-refractivity contribution in [1.29, 1.82) is 0 Å². The van der Waals surface area contributed by atoms with E-state index in [2.05, 4.69) is 4.40 Å². The fourth-order valence-corrected chi connectivity index (χ4v) is 1.75. The first-order valence-electron chi connectivity index (χ1n) is 3.16. The van der Waals surface area contributed by atoms with Crippen molar-refractivity contribution in [3.63, 3.8) is 0 Å². The minimum Gasteiger partial charge on any atom is -0.210 e. The van der Waals surface area contributed by atoms with Gasteiger partial charge in [0.1, 0.15) is 0 Å². The number of halogens is 1. The van der Waals surface area contributed by atoms with Gasteiger partial charge >= 0.3 is 0 Å². The predicted octanol–water partition coefficient (Wildman–Crippen LogP) is 1.32. The van der Waals surface area contributed by atoms with E-state index in [9.17, 15) is 13.2 Å². The standard InChI is InChI=1S/C7H4INO3S/c8-6-1-3-7(4-2-6)13(11,12)9-5-10/h1-4H. The first kappa shape index (κ1) is 10.4. The zero-order chi connectivity index (χ0) is 9.90. The summed E-state index contributed by atoms with van der Waals surface area (Å²) in [6, 6.07) is 6.01. The molecule has 0 unspecified atom stereocenters. The lowest BCUT2D eigenvalue weighted by molar-refractivity contribution is 0.563. The molecule has 0 radical (unpaired) electrons. The van der Waals surface area contributed by atoms with Crippen molar-refractivity contribution in [2.45, 2.75) is 4.90 Å². The maximum Gasteiger partial charge on any atom is 0.292 e. The quantitative estimate of drug-likeness (QED) is 0.470. The summed E-state index contributed by atoms with van der Waals surface area (Å²) in [4.78, 5) is 9.78. The zero-order valence-corrected chi connectivity index (χ0v) is 9.24. The second kappa shape index (κ2) is 3.99. The van der Waals surface area contributed by atoms with E-state index in [0.717, 1.165) is 9.65 Å². The summed E-state index contributed by atoms with van der Waals surface area (Å²) in [6.07, 6.45) is 1.01. The van der Waals surface area contributed by atoms with Crippen LogP contribution in [0.5, 0.6) is 0 Å². The molecule has 0 N–H and O–H groups in total. The van der Waals surface area contributed by atoms with Crippen molar-refractivity contribution in [3.8, 4) is 0 Å².